The van der Waals surface area contributed by atoms with Crippen LogP contribution in [0.2, 0.25) is 5.02 Å². The fraction of sp³-hybridized carbons (Fsp3) is 0.263. The lowest BCUT2D eigenvalue weighted by molar-refractivity contribution is 0.461. The molecule has 6 nitrogen and oxygen atoms in total. The van der Waals surface area contributed by atoms with Crippen LogP contribution in [0.5, 0.6) is 0 Å². The third-order valence-corrected chi connectivity index (χ3v) is 4.41. The molecule has 2 aromatic heterocycles. The van der Waals surface area contributed by atoms with Crippen LogP contribution in [0.1, 0.15) is 11.3 Å². The fourth-order valence-electron chi connectivity index (χ4n) is 2.80. The number of guanidine groups is 1. The Morgan fingerprint density at radius 3 is 2.65 bits per heavy atom. The zero-order valence-electron chi connectivity index (χ0n) is 15.2. The van der Waals surface area contributed by atoms with E-state index in [1.807, 2.05) is 47.9 Å². The van der Waals surface area contributed by atoms with Crippen molar-refractivity contribution in [3.8, 4) is 5.69 Å². The number of aryl methyl sites for hydroxylation is 1. The summed E-state index contributed by atoms with van der Waals surface area (Å²) in [7, 11) is 5.79. The first-order valence-corrected chi connectivity index (χ1v) is 8.76. The SMILES string of the molecule is CN=C(NCc1ccc(-n2cccn2)cc1)N(C)Cc1cc(Cl)cn1C. The Morgan fingerprint density at radius 2 is 2.08 bits per heavy atom. The Balaban J connectivity index is 1.59. The molecule has 0 atom stereocenters. The van der Waals surface area contributed by atoms with Crippen LogP contribution in [-0.2, 0) is 20.1 Å². The van der Waals surface area contributed by atoms with Crippen molar-refractivity contribution in [2.75, 3.05) is 14.1 Å². The molecule has 0 aliphatic rings. The quantitative estimate of drug-likeness (QED) is 0.554. The zero-order chi connectivity index (χ0) is 18.5. The molecule has 2 heterocycles. The molecule has 3 rings (SSSR count). The Morgan fingerprint density at radius 1 is 1.31 bits per heavy atom. The van der Waals surface area contributed by atoms with Gasteiger partial charge in [0.1, 0.15) is 0 Å². The Kier molecular flexibility index (Phi) is 5.63. The maximum Gasteiger partial charge on any atom is 0.194 e. The highest BCUT2D eigenvalue weighted by Crippen LogP contribution is 2.14. The lowest BCUT2D eigenvalue weighted by Crippen LogP contribution is -2.38. The van der Waals surface area contributed by atoms with Gasteiger partial charge in [0, 0.05) is 52.0 Å². The number of halogens is 1. The van der Waals surface area contributed by atoms with E-state index in [-0.39, 0.29) is 0 Å². The first-order valence-electron chi connectivity index (χ1n) is 8.38. The monoisotopic (exact) mass is 370 g/mol. The fourth-order valence-corrected chi connectivity index (χ4v) is 3.07. The second-order valence-electron chi connectivity index (χ2n) is 6.13. The van der Waals surface area contributed by atoms with E-state index in [0.29, 0.717) is 6.54 Å². The maximum absolute atomic E-state index is 6.06. The number of rotatable bonds is 5. The summed E-state index contributed by atoms with van der Waals surface area (Å²) in [5.41, 5.74) is 3.35. The summed E-state index contributed by atoms with van der Waals surface area (Å²) in [4.78, 5) is 6.44. The topological polar surface area (TPSA) is 50.4 Å². The van der Waals surface area contributed by atoms with Crippen LogP contribution >= 0.6 is 11.6 Å². The first-order chi connectivity index (χ1) is 12.6. The van der Waals surface area contributed by atoms with Gasteiger partial charge in [0.05, 0.1) is 17.3 Å². The van der Waals surface area contributed by atoms with Crippen molar-refractivity contribution in [1.82, 2.24) is 24.6 Å². The van der Waals surface area contributed by atoms with Crippen LogP contribution in [0, 0.1) is 0 Å². The molecule has 0 radical (unpaired) electrons. The average molecular weight is 371 g/mol. The van der Waals surface area contributed by atoms with Crippen molar-refractivity contribution >= 4 is 17.6 Å². The largest absolute Gasteiger partial charge is 0.352 e. The van der Waals surface area contributed by atoms with E-state index < -0.39 is 0 Å². The van der Waals surface area contributed by atoms with E-state index in [4.69, 9.17) is 11.6 Å². The molecule has 0 aliphatic heterocycles. The smallest absolute Gasteiger partial charge is 0.194 e. The van der Waals surface area contributed by atoms with Gasteiger partial charge in [-0.2, -0.15) is 5.10 Å². The van der Waals surface area contributed by atoms with Gasteiger partial charge in [0.15, 0.2) is 5.96 Å². The predicted octanol–water partition coefficient (Wildman–Crippen LogP) is 3.07. The standard InChI is InChI=1S/C19H23ClN6/c1-21-19(25(3)14-18-11-16(20)13-24(18)2)22-12-15-5-7-17(8-6-15)26-10-4-9-23-26/h4-11,13H,12,14H2,1-3H3,(H,21,22). The van der Waals surface area contributed by atoms with Gasteiger partial charge in [-0.25, -0.2) is 4.68 Å². The van der Waals surface area contributed by atoms with Crippen LogP contribution < -0.4 is 5.32 Å². The maximum atomic E-state index is 6.06. The molecule has 26 heavy (non-hydrogen) atoms. The Labute approximate surface area is 158 Å². The van der Waals surface area contributed by atoms with E-state index in [1.54, 1.807) is 13.2 Å². The highest BCUT2D eigenvalue weighted by molar-refractivity contribution is 6.30. The molecular formula is C19H23ClN6. The van der Waals surface area contributed by atoms with Crippen LogP contribution in [0.3, 0.4) is 0 Å². The van der Waals surface area contributed by atoms with E-state index in [1.165, 1.54) is 5.56 Å². The first kappa shape index (κ1) is 18.1. The Hall–Kier alpha value is -2.73. The molecule has 136 valence electrons. The third kappa shape index (κ3) is 4.26. The summed E-state index contributed by atoms with van der Waals surface area (Å²) < 4.78 is 3.87. The van der Waals surface area contributed by atoms with Gasteiger partial charge in [0.25, 0.3) is 0 Å². The van der Waals surface area contributed by atoms with Crippen LogP contribution in [0.4, 0.5) is 0 Å². The second kappa shape index (κ2) is 8.10. The van der Waals surface area contributed by atoms with Gasteiger partial charge in [-0.05, 0) is 29.8 Å². The molecule has 0 bridgehead atoms. The highest BCUT2D eigenvalue weighted by atomic mass is 35.5. The number of hydrogen-bond acceptors (Lipinski definition) is 2. The van der Waals surface area contributed by atoms with Gasteiger partial charge < -0.3 is 14.8 Å². The summed E-state index contributed by atoms with van der Waals surface area (Å²) in [5.74, 6) is 0.832. The molecular weight excluding hydrogens is 348 g/mol. The predicted molar refractivity (Wildman–Crippen MR) is 106 cm³/mol. The van der Waals surface area contributed by atoms with Crippen molar-refractivity contribution in [3.63, 3.8) is 0 Å². The molecule has 0 unspecified atom stereocenters. The number of aromatic nitrogens is 3. The van der Waals surface area contributed by atoms with E-state index >= 15 is 0 Å². The number of nitrogens with zero attached hydrogens (tertiary/aromatic N) is 5. The molecule has 7 heteroatoms. The van der Waals surface area contributed by atoms with Gasteiger partial charge in [-0.3, -0.25) is 4.99 Å². The molecule has 0 saturated heterocycles. The van der Waals surface area contributed by atoms with Crippen molar-refractivity contribution in [1.29, 1.82) is 0 Å². The summed E-state index contributed by atoms with van der Waals surface area (Å²) in [6.07, 6.45) is 5.61. The van der Waals surface area contributed by atoms with Crippen LogP contribution in [-0.4, -0.2) is 39.3 Å². The van der Waals surface area contributed by atoms with E-state index in [9.17, 15) is 0 Å². The van der Waals surface area contributed by atoms with Crippen molar-refractivity contribution in [2.24, 2.45) is 12.0 Å². The molecule has 0 saturated carbocycles. The number of benzene rings is 1. The highest BCUT2D eigenvalue weighted by Gasteiger charge is 2.09. The minimum Gasteiger partial charge on any atom is -0.352 e. The van der Waals surface area contributed by atoms with Crippen LogP contribution in [0.25, 0.3) is 5.69 Å². The summed E-state index contributed by atoms with van der Waals surface area (Å²) in [6.45, 7) is 1.42. The van der Waals surface area contributed by atoms with Crippen molar-refractivity contribution < 1.29 is 0 Å². The summed E-state index contributed by atoms with van der Waals surface area (Å²) >= 11 is 6.06. The van der Waals surface area contributed by atoms with Gasteiger partial charge >= 0.3 is 0 Å². The average Bonchev–Trinajstić information content (AvgIpc) is 3.26. The minimum atomic E-state index is 0.699. The second-order valence-corrected chi connectivity index (χ2v) is 6.57. The third-order valence-electron chi connectivity index (χ3n) is 4.20. The van der Waals surface area contributed by atoms with Crippen molar-refractivity contribution in [3.05, 3.63) is 71.3 Å². The molecule has 3 aromatic rings. The number of aliphatic imine (C=N–C) groups is 1. The van der Waals surface area contributed by atoms with E-state index in [0.717, 1.165) is 28.9 Å². The molecule has 1 N–H and O–H groups in total. The minimum absolute atomic E-state index is 0.699. The van der Waals surface area contributed by atoms with Crippen molar-refractivity contribution in [2.45, 2.75) is 13.1 Å². The molecule has 1 aromatic carbocycles. The molecule has 0 spiro atoms. The Bertz CT molecular complexity index is 864. The lowest BCUT2D eigenvalue weighted by atomic mass is 10.2. The normalized spacial score (nSPS) is 11.6. The summed E-state index contributed by atoms with van der Waals surface area (Å²) in [6, 6.07) is 12.2. The number of hydrogen-bond donors (Lipinski definition) is 1. The zero-order valence-corrected chi connectivity index (χ0v) is 16.0. The lowest BCUT2D eigenvalue weighted by Gasteiger charge is -2.22. The van der Waals surface area contributed by atoms with Gasteiger partial charge in [0.2, 0.25) is 0 Å². The molecule has 0 fully saturated rings. The van der Waals surface area contributed by atoms with Gasteiger partial charge in [-0.15, -0.1) is 0 Å². The molecule has 0 amide bonds. The number of nitrogens with one attached hydrogen (secondary N) is 1. The van der Waals surface area contributed by atoms with Crippen LogP contribution in [0.15, 0.2) is 60.0 Å². The molecule has 0 aliphatic carbocycles. The summed E-state index contributed by atoms with van der Waals surface area (Å²) in [5, 5.41) is 8.38. The van der Waals surface area contributed by atoms with Gasteiger partial charge in [-0.1, -0.05) is 23.7 Å². The van der Waals surface area contributed by atoms with E-state index in [2.05, 4.69) is 44.6 Å².